The van der Waals surface area contributed by atoms with E-state index in [1.165, 1.54) is 0 Å². The standard InChI is InChI=1S/C29H36N4O5/c1-7-19-10-8-16-30-25(19)33(22-11-9-17-32(18-22)27(36)37-28(2,3)4)26(35)21-14-12-20(13-15-21)23-24(34)29(5,6)38-31-23/h8,10,12-16,22H,7,9,11,17-18H2,1-6H3/t22-/m1/s1. The first kappa shape index (κ1) is 27.3. The predicted octanol–water partition coefficient (Wildman–Crippen LogP) is 4.77. The molecule has 0 bridgehead atoms. The maximum atomic E-state index is 14.0. The Kier molecular flexibility index (Phi) is 7.58. The Morgan fingerprint density at radius 1 is 1.18 bits per heavy atom. The van der Waals surface area contributed by atoms with Crippen molar-refractivity contribution in [3.8, 4) is 0 Å². The molecule has 0 N–H and O–H groups in total. The van der Waals surface area contributed by atoms with Crippen molar-refractivity contribution in [3.05, 3.63) is 59.3 Å². The van der Waals surface area contributed by atoms with Crippen LogP contribution in [-0.4, -0.2) is 63.7 Å². The third kappa shape index (κ3) is 5.71. The van der Waals surface area contributed by atoms with Gasteiger partial charge in [-0.15, -0.1) is 0 Å². The number of benzene rings is 1. The number of ketones is 1. The fourth-order valence-electron chi connectivity index (χ4n) is 4.64. The number of Topliss-reactive ketones (excluding diaryl/α,β-unsaturated/α-hetero) is 1. The molecule has 38 heavy (non-hydrogen) atoms. The van der Waals surface area contributed by atoms with Crippen LogP contribution in [0.3, 0.4) is 0 Å². The summed E-state index contributed by atoms with van der Waals surface area (Å²) in [7, 11) is 0. The van der Waals surface area contributed by atoms with Crippen LogP contribution in [0, 0.1) is 0 Å². The molecule has 0 unspecified atom stereocenters. The zero-order chi connectivity index (χ0) is 27.7. The number of pyridine rings is 1. The zero-order valence-corrected chi connectivity index (χ0v) is 23.0. The number of carbonyl (C=O) groups excluding carboxylic acids is 3. The number of hydrogen-bond acceptors (Lipinski definition) is 7. The molecule has 9 heteroatoms. The SMILES string of the molecule is CCc1cccnc1N(C(=O)c1ccc(C2=NOC(C)(C)C2=O)cc1)[C@@H]1CCCN(C(=O)OC(C)(C)C)C1. The van der Waals surface area contributed by atoms with Crippen molar-refractivity contribution in [2.24, 2.45) is 5.16 Å². The van der Waals surface area contributed by atoms with E-state index in [0.29, 0.717) is 36.5 Å². The third-order valence-electron chi connectivity index (χ3n) is 6.64. The predicted molar refractivity (Wildman–Crippen MR) is 144 cm³/mol. The van der Waals surface area contributed by atoms with Gasteiger partial charge < -0.3 is 14.5 Å². The number of amides is 2. The van der Waals surface area contributed by atoms with E-state index in [1.54, 1.807) is 54.1 Å². The van der Waals surface area contributed by atoms with E-state index in [0.717, 1.165) is 18.4 Å². The first-order valence-corrected chi connectivity index (χ1v) is 13.1. The first-order valence-electron chi connectivity index (χ1n) is 13.1. The lowest BCUT2D eigenvalue weighted by Gasteiger charge is -2.39. The van der Waals surface area contributed by atoms with Crippen molar-refractivity contribution in [2.45, 2.75) is 78.0 Å². The van der Waals surface area contributed by atoms with Crippen LogP contribution >= 0.6 is 0 Å². The molecule has 4 rings (SSSR count). The molecule has 0 radical (unpaired) electrons. The number of rotatable bonds is 5. The second kappa shape index (κ2) is 10.6. The van der Waals surface area contributed by atoms with Gasteiger partial charge in [-0.3, -0.25) is 14.5 Å². The Morgan fingerprint density at radius 2 is 1.89 bits per heavy atom. The molecule has 0 aliphatic carbocycles. The van der Waals surface area contributed by atoms with Crippen LogP contribution in [-0.2, 0) is 20.8 Å². The lowest BCUT2D eigenvalue weighted by molar-refractivity contribution is -0.128. The Hall–Kier alpha value is -3.75. The highest BCUT2D eigenvalue weighted by atomic mass is 16.7. The van der Waals surface area contributed by atoms with Crippen LogP contribution in [0.4, 0.5) is 10.6 Å². The highest BCUT2D eigenvalue weighted by molar-refractivity contribution is 6.49. The summed E-state index contributed by atoms with van der Waals surface area (Å²) in [6, 6.07) is 10.3. The van der Waals surface area contributed by atoms with Crippen molar-refractivity contribution in [3.63, 3.8) is 0 Å². The minimum atomic E-state index is -1.00. The van der Waals surface area contributed by atoms with Crippen molar-refractivity contribution in [2.75, 3.05) is 18.0 Å². The number of aromatic nitrogens is 1. The summed E-state index contributed by atoms with van der Waals surface area (Å²) in [4.78, 5) is 52.8. The smallest absolute Gasteiger partial charge is 0.410 e. The van der Waals surface area contributed by atoms with Crippen LogP contribution in [0.5, 0.6) is 0 Å². The van der Waals surface area contributed by atoms with Gasteiger partial charge in [0.25, 0.3) is 5.91 Å². The van der Waals surface area contributed by atoms with Gasteiger partial charge in [0.15, 0.2) is 11.3 Å². The number of oxime groups is 1. The van der Waals surface area contributed by atoms with Gasteiger partial charge in [0.2, 0.25) is 5.78 Å². The Morgan fingerprint density at radius 3 is 2.50 bits per heavy atom. The molecule has 3 heterocycles. The lowest BCUT2D eigenvalue weighted by Crippen LogP contribution is -2.53. The number of piperidine rings is 1. The summed E-state index contributed by atoms with van der Waals surface area (Å²) in [6.45, 7) is 11.8. The van der Waals surface area contributed by atoms with Gasteiger partial charge >= 0.3 is 6.09 Å². The number of likely N-dealkylation sites (tertiary alicyclic amines) is 1. The molecule has 2 amide bonds. The molecule has 0 saturated carbocycles. The van der Waals surface area contributed by atoms with Gasteiger partial charge in [-0.2, -0.15) is 0 Å². The third-order valence-corrected chi connectivity index (χ3v) is 6.64. The average Bonchev–Trinajstić information content (AvgIpc) is 3.15. The normalized spacial score (nSPS) is 19.0. The largest absolute Gasteiger partial charge is 0.444 e. The molecule has 1 fully saturated rings. The van der Waals surface area contributed by atoms with E-state index in [4.69, 9.17) is 9.57 Å². The second-order valence-corrected chi connectivity index (χ2v) is 11.2. The summed E-state index contributed by atoms with van der Waals surface area (Å²) >= 11 is 0. The van der Waals surface area contributed by atoms with E-state index in [2.05, 4.69) is 10.1 Å². The van der Waals surface area contributed by atoms with Crippen molar-refractivity contribution >= 4 is 29.3 Å². The molecular formula is C29H36N4O5. The lowest BCUT2D eigenvalue weighted by atomic mass is 9.95. The van der Waals surface area contributed by atoms with Crippen LogP contribution in [0.1, 0.15) is 75.9 Å². The quantitative estimate of drug-likeness (QED) is 0.563. The highest BCUT2D eigenvalue weighted by Gasteiger charge is 2.40. The van der Waals surface area contributed by atoms with Crippen molar-refractivity contribution in [1.82, 2.24) is 9.88 Å². The second-order valence-electron chi connectivity index (χ2n) is 11.2. The van der Waals surface area contributed by atoms with E-state index in [9.17, 15) is 14.4 Å². The molecule has 1 aromatic carbocycles. The molecule has 0 spiro atoms. The topological polar surface area (TPSA) is 101 Å². The number of ether oxygens (including phenoxy) is 1. The molecule has 1 saturated heterocycles. The monoisotopic (exact) mass is 520 g/mol. The highest BCUT2D eigenvalue weighted by Crippen LogP contribution is 2.29. The number of anilines is 1. The van der Waals surface area contributed by atoms with Crippen molar-refractivity contribution < 1.29 is 24.0 Å². The van der Waals surface area contributed by atoms with Crippen LogP contribution in [0.2, 0.25) is 0 Å². The van der Waals surface area contributed by atoms with Crippen molar-refractivity contribution in [1.29, 1.82) is 0 Å². The number of carbonyl (C=O) groups is 3. The summed E-state index contributed by atoms with van der Waals surface area (Å²) in [5, 5.41) is 3.96. The summed E-state index contributed by atoms with van der Waals surface area (Å²) in [5.41, 5.74) is 0.605. The fraction of sp³-hybridized carbons (Fsp3) is 0.483. The van der Waals surface area contributed by atoms with Gasteiger partial charge in [-0.1, -0.05) is 30.3 Å². The number of aryl methyl sites for hydroxylation is 1. The first-order chi connectivity index (χ1) is 17.9. The molecule has 2 aliphatic heterocycles. The molecule has 9 nitrogen and oxygen atoms in total. The molecule has 1 aromatic heterocycles. The minimum Gasteiger partial charge on any atom is -0.444 e. The van der Waals surface area contributed by atoms with Gasteiger partial charge in [0.1, 0.15) is 11.4 Å². The average molecular weight is 521 g/mol. The van der Waals surface area contributed by atoms with Crippen LogP contribution in [0.25, 0.3) is 0 Å². The summed E-state index contributed by atoms with van der Waals surface area (Å²) in [5.74, 6) is 0.159. The molecule has 2 aromatic rings. The maximum Gasteiger partial charge on any atom is 0.410 e. The summed E-state index contributed by atoms with van der Waals surface area (Å²) < 4.78 is 5.61. The zero-order valence-electron chi connectivity index (χ0n) is 23.0. The molecule has 1 atom stereocenters. The van der Waals surface area contributed by atoms with Crippen LogP contribution < -0.4 is 4.90 Å². The van der Waals surface area contributed by atoms with E-state index in [-0.39, 0.29) is 29.5 Å². The number of hydrogen-bond donors (Lipinski definition) is 0. The van der Waals surface area contributed by atoms with E-state index >= 15 is 0 Å². The molecule has 2 aliphatic rings. The van der Waals surface area contributed by atoms with Crippen LogP contribution in [0.15, 0.2) is 47.8 Å². The molecular weight excluding hydrogens is 484 g/mol. The van der Waals surface area contributed by atoms with Gasteiger partial charge in [0.05, 0.1) is 6.04 Å². The van der Waals surface area contributed by atoms with E-state index < -0.39 is 11.2 Å². The van der Waals surface area contributed by atoms with E-state index in [1.807, 2.05) is 39.8 Å². The summed E-state index contributed by atoms with van der Waals surface area (Å²) in [6.07, 6.45) is 3.45. The molecule has 202 valence electrons. The Labute approximate surface area is 223 Å². The number of nitrogens with zero attached hydrogens (tertiary/aromatic N) is 4. The van der Waals surface area contributed by atoms with Gasteiger partial charge in [-0.25, -0.2) is 9.78 Å². The van der Waals surface area contributed by atoms with Gasteiger partial charge in [-0.05, 0) is 77.6 Å². The fourth-order valence-corrected chi connectivity index (χ4v) is 4.64. The Bertz CT molecular complexity index is 1250. The van der Waals surface area contributed by atoms with Gasteiger partial charge in [0, 0.05) is 30.4 Å². The Balaban J connectivity index is 1.64. The maximum absolute atomic E-state index is 14.0. The minimum absolute atomic E-state index is 0.205.